The Bertz CT molecular complexity index is 921. The van der Waals surface area contributed by atoms with Crippen LogP contribution in [0.15, 0.2) is 24.5 Å². The van der Waals surface area contributed by atoms with E-state index in [1.54, 1.807) is 11.8 Å². The Morgan fingerprint density at radius 3 is 2.76 bits per heavy atom. The fourth-order valence-corrected chi connectivity index (χ4v) is 3.34. The number of halogens is 2. The predicted octanol–water partition coefficient (Wildman–Crippen LogP) is 3.70. The average Bonchev–Trinajstić information content (AvgIpc) is 2.71. The minimum Gasteiger partial charge on any atom is -0.466 e. The van der Waals surface area contributed by atoms with E-state index in [0.29, 0.717) is 38.2 Å². The van der Waals surface area contributed by atoms with Gasteiger partial charge in [-0.2, -0.15) is 0 Å². The third-order valence-electron chi connectivity index (χ3n) is 4.58. The van der Waals surface area contributed by atoms with Gasteiger partial charge in [-0.3, -0.25) is 14.9 Å². The van der Waals surface area contributed by atoms with E-state index in [1.807, 2.05) is 0 Å². The number of nitrogens with one attached hydrogen (secondary N) is 1. The molecule has 3 rings (SSSR count). The average molecular weight is 424 g/mol. The van der Waals surface area contributed by atoms with Crippen molar-refractivity contribution in [3.63, 3.8) is 0 Å². The molecule has 11 heteroatoms. The van der Waals surface area contributed by atoms with E-state index in [1.165, 1.54) is 18.5 Å². The molecular formula is C18H19ClFN5O4. The maximum absolute atomic E-state index is 13.4. The van der Waals surface area contributed by atoms with Crippen LogP contribution in [0.4, 0.5) is 27.4 Å². The van der Waals surface area contributed by atoms with E-state index >= 15 is 0 Å². The van der Waals surface area contributed by atoms with E-state index in [-0.39, 0.29) is 34.2 Å². The molecule has 1 aliphatic rings. The molecule has 1 saturated heterocycles. The molecule has 9 nitrogen and oxygen atoms in total. The number of carbonyl (C=O) groups is 1. The van der Waals surface area contributed by atoms with Crippen molar-refractivity contribution in [1.82, 2.24) is 9.97 Å². The van der Waals surface area contributed by atoms with Gasteiger partial charge >= 0.3 is 11.7 Å². The molecule has 1 aromatic heterocycles. The lowest BCUT2D eigenvalue weighted by molar-refractivity contribution is -0.383. The normalized spacial score (nSPS) is 14.5. The highest BCUT2D eigenvalue weighted by atomic mass is 35.5. The summed E-state index contributed by atoms with van der Waals surface area (Å²) in [6.45, 7) is 2.91. The lowest BCUT2D eigenvalue weighted by Gasteiger charge is -2.31. The number of aromatic nitrogens is 2. The van der Waals surface area contributed by atoms with Gasteiger partial charge in [0.15, 0.2) is 0 Å². The summed E-state index contributed by atoms with van der Waals surface area (Å²) < 4.78 is 18.4. The topological polar surface area (TPSA) is 110 Å². The monoisotopic (exact) mass is 423 g/mol. The SMILES string of the molecule is CCOC(=O)C1CCN(c2ncnc(Nc3ccc(F)c(Cl)c3)c2[N+](=O)[O-])CC1. The van der Waals surface area contributed by atoms with Crippen molar-refractivity contribution in [3.8, 4) is 0 Å². The van der Waals surface area contributed by atoms with Gasteiger partial charge in [-0.15, -0.1) is 0 Å². The fraction of sp³-hybridized carbons (Fsp3) is 0.389. The Labute approximate surface area is 171 Å². The van der Waals surface area contributed by atoms with E-state index in [4.69, 9.17) is 16.3 Å². The van der Waals surface area contributed by atoms with Gasteiger partial charge in [0.2, 0.25) is 11.6 Å². The molecule has 0 aliphatic carbocycles. The first kappa shape index (κ1) is 20.7. The molecule has 0 unspecified atom stereocenters. The molecule has 0 amide bonds. The second-order valence-corrected chi connectivity index (χ2v) is 6.83. The summed E-state index contributed by atoms with van der Waals surface area (Å²) in [5.41, 5.74) is 0.0488. The largest absolute Gasteiger partial charge is 0.466 e. The summed E-state index contributed by atoms with van der Waals surface area (Å²) in [4.78, 5) is 32.9. The van der Waals surface area contributed by atoms with Crippen LogP contribution in [0.3, 0.4) is 0 Å². The van der Waals surface area contributed by atoms with Crippen molar-refractivity contribution >= 4 is 40.6 Å². The van der Waals surface area contributed by atoms with E-state index in [2.05, 4.69) is 15.3 Å². The van der Waals surface area contributed by atoms with E-state index in [0.717, 1.165) is 6.07 Å². The molecule has 2 aromatic rings. The Kier molecular flexibility index (Phi) is 6.42. The van der Waals surface area contributed by atoms with Crippen molar-refractivity contribution in [2.45, 2.75) is 19.8 Å². The number of nitro groups is 1. The first-order chi connectivity index (χ1) is 13.9. The molecule has 0 saturated carbocycles. The smallest absolute Gasteiger partial charge is 0.353 e. The summed E-state index contributed by atoms with van der Waals surface area (Å²) in [6.07, 6.45) is 2.24. The fourth-order valence-electron chi connectivity index (χ4n) is 3.16. The Hall–Kier alpha value is -3.01. The summed E-state index contributed by atoms with van der Waals surface area (Å²) in [7, 11) is 0. The molecule has 1 N–H and O–H groups in total. The van der Waals surface area contributed by atoms with Crippen molar-refractivity contribution in [1.29, 1.82) is 0 Å². The number of benzene rings is 1. The van der Waals surface area contributed by atoms with Gasteiger partial charge in [0.1, 0.15) is 12.1 Å². The number of nitrogens with zero attached hydrogens (tertiary/aromatic N) is 4. The molecule has 0 radical (unpaired) electrons. The first-order valence-corrected chi connectivity index (χ1v) is 9.41. The number of anilines is 3. The van der Waals surface area contributed by atoms with Crippen molar-refractivity contribution in [2.24, 2.45) is 5.92 Å². The Morgan fingerprint density at radius 1 is 1.41 bits per heavy atom. The van der Waals surface area contributed by atoms with Gasteiger partial charge in [-0.1, -0.05) is 11.6 Å². The van der Waals surface area contributed by atoms with Crippen LogP contribution >= 0.6 is 11.6 Å². The van der Waals surface area contributed by atoms with Crippen LogP contribution < -0.4 is 10.2 Å². The van der Waals surface area contributed by atoms with Crippen LogP contribution in [0.2, 0.25) is 5.02 Å². The Balaban J connectivity index is 1.83. The number of hydrogen-bond donors (Lipinski definition) is 1. The van der Waals surface area contributed by atoms with Crippen LogP contribution in [-0.2, 0) is 9.53 Å². The zero-order chi connectivity index (χ0) is 21.0. The molecule has 154 valence electrons. The molecule has 0 spiro atoms. The van der Waals surface area contributed by atoms with E-state index < -0.39 is 10.7 Å². The van der Waals surface area contributed by atoms with Gasteiger partial charge in [0.25, 0.3) is 0 Å². The lowest BCUT2D eigenvalue weighted by Crippen LogP contribution is -2.37. The highest BCUT2D eigenvalue weighted by Gasteiger charge is 2.32. The highest BCUT2D eigenvalue weighted by molar-refractivity contribution is 6.31. The quantitative estimate of drug-likeness (QED) is 0.425. The first-order valence-electron chi connectivity index (χ1n) is 9.03. The zero-order valence-corrected chi connectivity index (χ0v) is 16.4. The molecule has 0 atom stereocenters. The third kappa shape index (κ3) is 4.70. The van der Waals surface area contributed by atoms with Crippen LogP contribution in [0.1, 0.15) is 19.8 Å². The van der Waals surface area contributed by atoms with Gasteiger partial charge in [0.05, 0.1) is 22.5 Å². The molecule has 29 heavy (non-hydrogen) atoms. The minimum atomic E-state index is -0.598. The summed E-state index contributed by atoms with van der Waals surface area (Å²) >= 11 is 5.77. The number of rotatable bonds is 6. The second-order valence-electron chi connectivity index (χ2n) is 6.42. The number of carbonyl (C=O) groups excluding carboxylic acids is 1. The summed E-state index contributed by atoms with van der Waals surface area (Å²) in [6, 6.07) is 3.86. The van der Waals surface area contributed by atoms with Crippen LogP contribution in [-0.4, -0.2) is 40.6 Å². The Morgan fingerprint density at radius 2 is 2.14 bits per heavy atom. The summed E-state index contributed by atoms with van der Waals surface area (Å²) in [5.74, 6) is -0.955. The molecule has 1 fully saturated rings. The van der Waals surface area contributed by atoms with E-state index in [9.17, 15) is 19.3 Å². The maximum atomic E-state index is 13.4. The third-order valence-corrected chi connectivity index (χ3v) is 4.87. The van der Waals surface area contributed by atoms with Crippen LogP contribution in [0.25, 0.3) is 0 Å². The number of esters is 1. The van der Waals surface area contributed by atoms with Crippen LogP contribution in [0, 0.1) is 21.8 Å². The van der Waals surface area contributed by atoms with Gasteiger partial charge in [0, 0.05) is 18.8 Å². The van der Waals surface area contributed by atoms with Gasteiger partial charge in [-0.25, -0.2) is 14.4 Å². The zero-order valence-electron chi connectivity index (χ0n) is 15.6. The number of ether oxygens (including phenoxy) is 1. The maximum Gasteiger partial charge on any atom is 0.353 e. The predicted molar refractivity (Wildman–Crippen MR) is 105 cm³/mol. The minimum absolute atomic E-state index is 0.0322. The van der Waals surface area contributed by atoms with Crippen molar-refractivity contribution in [3.05, 3.63) is 45.5 Å². The van der Waals surface area contributed by atoms with Gasteiger partial charge < -0.3 is 15.0 Å². The molecule has 2 heterocycles. The van der Waals surface area contributed by atoms with Crippen molar-refractivity contribution in [2.75, 3.05) is 29.9 Å². The molecule has 1 aromatic carbocycles. The van der Waals surface area contributed by atoms with Crippen LogP contribution in [0.5, 0.6) is 0 Å². The second kappa shape index (κ2) is 8.99. The number of piperidine rings is 1. The molecule has 0 bridgehead atoms. The lowest BCUT2D eigenvalue weighted by atomic mass is 9.97. The highest BCUT2D eigenvalue weighted by Crippen LogP contribution is 2.36. The molecule has 1 aliphatic heterocycles. The van der Waals surface area contributed by atoms with Gasteiger partial charge in [-0.05, 0) is 38.0 Å². The standard InChI is InChI=1S/C18H19ClFN5O4/c1-2-29-18(26)11-5-7-24(8-6-11)17-15(25(27)28)16(21-10-22-17)23-12-3-4-14(20)13(19)9-12/h3-4,9-11H,2,5-8H2,1H3,(H,21,22,23). The molecular weight excluding hydrogens is 405 g/mol. The number of hydrogen-bond acceptors (Lipinski definition) is 8. The summed E-state index contributed by atoms with van der Waals surface area (Å²) in [5, 5.41) is 14.4. The van der Waals surface area contributed by atoms with Crippen molar-refractivity contribution < 1.29 is 18.8 Å².